The number of carbonyl (C=O) groups excluding carboxylic acids is 3. The Kier molecular flexibility index (Phi) is 11.4. The van der Waals surface area contributed by atoms with E-state index in [-0.39, 0.29) is 23.9 Å². The number of nitrogens with one attached hydrogen (secondary N) is 4. The van der Waals surface area contributed by atoms with Crippen molar-refractivity contribution in [3.63, 3.8) is 0 Å². The molecule has 2 aliphatic rings. The van der Waals surface area contributed by atoms with Crippen LogP contribution in [0.25, 0.3) is 44.3 Å². The van der Waals surface area contributed by atoms with E-state index in [1.54, 1.807) is 23.6 Å². The molecule has 4 amide bonds. The monoisotopic (exact) mass is 780 g/mol. The van der Waals surface area contributed by atoms with Gasteiger partial charge in [0.15, 0.2) is 0 Å². The fourth-order valence-electron chi connectivity index (χ4n) is 7.92. The van der Waals surface area contributed by atoms with E-state index < -0.39 is 36.5 Å². The fraction of sp³-hybridized carbons (Fsp3) is 0.415. The topological polar surface area (TPSA) is 204 Å². The van der Waals surface area contributed by atoms with Crippen molar-refractivity contribution in [3.05, 3.63) is 72.3 Å². The molecule has 6 atom stereocenters. The zero-order valence-corrected chi connectivity index (χ0v) is 32.6. The fourth-order valence-corrected chi connectivity index (χ4v) is 7.92. The van der Waals surface area contributed by atoms with Gasteiger partial charge in [-0.3, -0.25) is 9.59 Å². The highest BCUT2D eigenvalue weighted by molar-refractivity contribution is 5.88. The molecule has 3 aromatic carbocycles. The van der Waals surface area contributed by atoms with Gasteiger partial charge < -0.3 is 49.7 Å². The molecular formula is C41H48N8O8. The van der Waals surface area contributed by atoms with Crippen molar-refractivity contribution in [1.29, 1.82) is 0 Å². The quantitative estimate of drug-likeness (QED) is 0.107. The van der Waals surface area contributed by atoms with Crippen LogP contribution < -0.4 is 10.6 Å². The number of rotatable bonds is 12. The molecule has 0 bridgehead atoms. The molecule has 0 aliphatic carbocycles. The molecule has 16 nitrogen and oxygen atoms in total. The molecule has 5 aromatic rings. The smallest absolute Gasteiger partial charge is 0.407 e. The van der Waals surface area contributed by atoms with Crippen molar-refractivity contribution in [1.82, 2.24) is 40.4 Å². The first-order valence-corrected chi connectivity index (χ1v) is 19.1. The van der Waals surface area contributed by atoms with Gasteiger partial charge in [-0.15, -0.1) is 0 Å². The summed E-state index contributed by atoms with van der Waals surface area (Å²) in [6.45, 7) is 4.42. The molecular weight excluding hydrogens is 732 g/mol. The van der Waals surface area contributed by atoms with Crippen molar-refractivity contribution >= 4 is 46.1 Å². The average Bonchev–Trinajstić information content (AvgIpc) is 4.06. The first-order valence-electron chi connectivity index (χ1n) is 19.1. The number of methoxy groups -OCH3 is 3. The van der Waals surface area contributed by atoms with E-state index in [4.69, 9.17) is 24.2 Å². The molecule has 0 spiro atoms. The second kappa shape index (κ2) is 16.6. The number of carbonyl (C=O) groups is 4. The average molecular weight is 781 g/mol. The number of carboxylic acid groups (broad SMARTS) is 1. The molecule has 2 saturated heterocycles. The number of hydrogen-bond acceptors (Lipinski definition) is 9. The van der Waals surface area contributed by atoms with E-state index in [0.717, 1.165) is 63.6 Å². The molecule has 2 aliphatic heterocycles. The lowest BCUT2D eigenvalue weighted by molar-refractivity contribution is -0.138. The standard InChI is InChI=1S/C41H48N8O8/c1-22(55-3)34(46-40(52)53)38(50)48-18-6-8-32(48)36-42-28-16-14-26(20-30(28)44-36)24-10-12-25(13-11-24)27-15-17-29-31(21-27)45-37(43-29)33-9-7-19-49(33)39(51)35(23(2)56-4)47-41(54)57-5/h10-17,20-23,32-35,46H,6-9,18-19H2,1-5H3,(H,42,44)(H,43,45)(H,47,54)(H,52,53)/t22?,23-,32?,33?,34?,35+/m1/s1. The lowest BCUT2D eigenvalue weighted by Crippen LogP contribution is -2.54. The van der Waals surface area contributed by atoms with Crippen LogP contribution in [0.3, 0.4) is 0 Å². The molecule has 4 unspecified atom stereocenters. The predicted octanol–water partition coefficient (Wildman–Crippen LogP) is 5.53. The first kappa shape index (κ1) is 39.2. The zero-order valence-electron chi connectivity index (χ0n) is 32.6. The lowest BCUT2D eigenvalue weighted by Gasteiger charge is -2.30. The van der Waals surface area contributed by atoms with Gasteiger partial charge >= 0.3 is 12.2 Å². The SMILES string of the molecule is COC(=O)N[C@H](C(=O)N1CCCC1c1nc2cc(-c3ccc(-c4ccc5nc(C6CCCN6C(=O)C(NC(=O)O)C(C)OC)[nH]c5c4)cc3)ccc2[nH]1)[C@@H](C)OC. The van der Waals surface area contributed by atoms with Crippen LogP contribution in [0.5, 0.6) is 0 Å². The Hall–Kier alpha value is -6.00. The third kappa shape index (κ3) is 8.00. The molecule has 57 heavy (non-hydrogen) atoms. The molecule has 2 aromatic heterocycles. The van der Waals surface area contributed by atoms with E-state index in [1.165, 1.54) is 21.3 Å². The van der Waals surface area contributed by atoms with Crippen LogP contribution in [0.4, 0.5) is 9.59 Å². The van der Waals surface area contributed by atoms with E-state index in [1.807, 2.05) is 36.4 Å². The van der Waals surface area contributed by atoms with Crippen molar-refractivity contribution in [2.24, 2.45) is 0 Å². The van der Waals surface area contributed by atoms with Gasteiger partial charge in [0.2, 0.25) is 11.8 Å². The van der Waals surface area contributed by atoms with Gasteiger partial charge in [0.25, 0.3) is 0 Å². The summed E-state index contributed by atoms with van der Waals surface area (Å²) in [5.74, 6) is 0.755. The second-order valence-electron chi connectivity index (χ2n) is 14.6. The van der Waals surface area contributed by atoms with Crippen LogP contribution in [0.1, 0.15) is 63.3 Å². The maximum Gasteiger partial charge on any atom is 0.407 e. The number of ether oxygens (including phenoxy) is 3. The Morgan fingerprint density at radius 1 is 0.684 bits per heavy atom. The lowest BCUT2D eigenvalue weighted by atomic mass is 10.00. The van der Waals surface area contributed by atoms with Crippen LogP contribution in [0.2, 0.25) is 0 Å². The Morgan fingerprint density at radius 2 is 1.18 bits per heavy atom. The minimum absolute atomic E-state index is 0.253. The number of benzene rings is 3. The summed E-state index contributed by atoms with van der Waals surface area (Å²) in [5.41, 5.74) is 7.27. The van der Waals surface area contributed by atoms with Gasteiger partial charge in [0.05, 0.1) is 53.5 Å². The maximum atomic E-state index is 13.7. The second-order valence-corrected chi connectivity index (χ2v) is 14.6. The van der Waals surface area contributed by atoms with Gasteiger partial charge in [0, 0.05) is 27.3 Å². The maximum absolute atomic E-state index is 13.7. The number of fused-ring (bicyclic) bond motifs is 2. The number of likely N-dealkylation sites (tertiary alicyclic amines) is 2. The zero-order chi connectivity index (χ0) is 40.4. The largest absolute Gasteiger partial charge is 0.465 e. The Balaban J connectivity index is 1.07. The highest BCUT2D eigenvalue weighted by Gasteiger charge is 2.40. The van der Waals surface area contributed by atoms with E-state index in [2.05, 4.69) is 44.9 Å². The molecule has 5 N–H and O–H groups in total. The summed E-state index contributed by atoms with van der Waals surface area (Å²) in [4.78, 5) is 70.8. The van der Waals surface area contributed by atoms with Gasteiger partial charge in [-0.25, -0.2) is 19.6 Å². The number of nitrogens with zero attached hydrogens (tertiary/aromatic N) is 4. The van der Waals surface area contributed by atoms with Crippen LogP contribution in [-0.4, -0.2) is 118 Å². The Bertz CT molecular complexity index is 2270. The first-order chi connectivity index (χ1) is 27.5. The van der Waals surface area contributed by atoms with Crippen LogP contribution in [-0.2, 0) is 23.8 Å². The summed E-state index contributed by atoms with van der Waals surface area (Å²) in [6, 6.07) is 17.8. The third-order valence-electron chi connectivity index (χ3n) is 11.2. The molecule has 0 radical (unpaired) electrons. The van der Waals surface area contributed by atoms with Crippen molar-refractivity contribution in [3.8, 4) is 22.3 Å². The van der Waals surface area contributed by atoms with Gasteiger partial charge in [-0.1, -0.05) is 36.4 Å². The number of H-pyrrole nitrogens is 2. The highest BCUT2D eigenvalue weighted by Crippen LogP contribution is 2.36. The number of imidazole rings is 2. The molecule has 7 rings (SSSR count). The normalized spacial score (nSPS) is 19.0. The van der Waals surface area contributed by atoms with E-state index in [0.29, 0.717) is 31.2 Å². The molecule has 0 saturated carbocycles. The van der Waals surface area contributed by atoms with Gasteiger partial charge in [-0.05, 0) is 86.1 Å². The Labute approximate surface area is 329 Å². The molecule has 300 valence electrons. The van der Waals surface area contributed by atoms with Gasteiger partial charge in [-0.2, -0.15) is 0 Å². The summed E-state index contributed by atoms with van der Waals surface area (Å²) in [6.07, 6.45) is -0.180. The molecule has 2 fully saturated rings. The molecule has 16 heteroatoms. The third-order valence-corrected chi connectivity index (χ3v) is 11.2. The van der Waals surface area contributed by atoms with Crippen molar-refractivity contribution < 1.29 is 38.5 Å². The number of aromatic nitrogens is 4. The van der Waals surface area contributed by atoms with Crippen LogP contribution in [0.15, 0.2) is 60.7 Å². The van der Waals surface area contributed by atoms with Gasteiger partial charge in [0.1, 0.15) is 23.7 Å². The Morgan fingerprint density at radius 3 is 1.72 bits per heavy atom. The molecule has 4 heterocycles. The van der Waals surface area contributed by atoms with Crippen LogP contribution >= 0.6 is 0 Å². The highest BCUT2D eigenvalue weighted by atomic mass is 16.5. The summed E-state index contributed by atoms with van der Waals surface area (Å²) >= 11 is 0. The minimum Gasteiger partial charge on any atom is -0.465 e. The summed E-state index contributed by atoms with van der Waals surface area (Å²) in [5, 5.41) is 14.3. The van der Waals surface area contributed by atoms with Crippen LogP contribution in [0, 0.1) is 0 Å². The van der Waals surface area contributed by atoms with E-state index in [9.17, 15) is 24.3 Å². The summed E-state index contributed by atoms with van der Waals surface area (Å²) < 4.78 is 15.5. The predicted molar refractivity (Wildman–Crippen MR) is 211 cm³/mol. The number of hydrogen-bond donors (Lipinski definition) is 5. The van der Waals surface area contributed by atoms with E-state index >= 15 is 0 Å². The number of amides is 4. The number of alkyl carbamates (subject to hydrolysis) is 1. The minimum atomic E-state index is -1.28. The number of aromatic amines is 2. The summed E-state index contributed by atoms with van der Waals surface area (Å²) in [7, 11) is 4.20. The van der Waals surface area contributed by atoms with Crippen molar-refractivity contribution in [2.75, 3.05) is 34.4 Å². The van der Waals surface area contributed by atoms with Crippen molar-refractivity contribution in [2.45, 2.75) is 75.9 Å².